The van der Waals surface area contributed by atoms with Gasteiger partial charge in [-0.3, -0.25) is 9.10 Å². The number of ether oxygens (including phenoxy) is 1. The first-order valence-electron chi connectivity index (χ1n) is 9.39. The number of carbonyl (C=O) groups excluding carboxylic acids is 2. The third-order valence-corrected chi connectivity index (χ3v) is 6.86. The van der Waals surface area contributed by atoms with Gasteiger partial charge in [-0.25, -0.2) is 13.2 Å². The van der Waals surface area contributed by atoms with Crippen LogP contribution in [-0.4, -0.2) is 39.6 Å². The van der Waals surface area contributed by atoms with Crippen LogP contribution in [0.15, 0.2) is 24.3 Å². The zero-order valence-electron chi connectivity index (χ0n) is 17.3. The quantitative estimate of drug-likeness (QED) is 0.553. The van der Waals surface area contributed by atoms with Gasteiger partial charge in [-0.05, 0) is 86.2 Å². The summed E-state index contributed by atoms with van der Waals surface area (Å²) in [5.74, 6) is -0.844. The number of ketones is 1. The van der Waals surface area contributed by atoms with E-state index in [1.807, 2.05) is 33.8 Å². The molecule has 0 atom stereocenters. The van der Waals surface area contributed by atoms with Gasteiger partial charge in [0, 0.05) is 12.1 Å². The number of benzene rings is 2. The molecular formula is C22H25NO5S. The van der Waals surface area contributed by atoms with Crippen molar-refractivity contribution in [2.75, 3.05) is 23.7 Å². The number of hydrogen-bond donors (Lipinski definition) is 0. The van der Waals surface area contributed by atoms with Crippen molar-refractivity contribution >= 4 is 27.5 Å². The van der Waals surface area contributed by atoms with Crippen molar-refractivity contribution in [3.63, 3.8) is 0 Å². The van der Waals surface area contributed by atoms with E-state index < -0.39 is 16.0 Å². The Morgan fingerprint density at radius 1 is 1.03 bits per heavy atom. The lowest BCUT2D eigenvalue weighted by molar-refractivity contribution is 0.0474. The molecule has 0 fully saturated rings. The van der Waals surface area contributed by atoms with E-state index in [2.05, 4.69) is 0 Å². The molecule has 154 valence electrons. The Bertz CT molecular complexity index is 1120. The second-order valence-corrected chi connectivity index (χ2v) is 9.45. The van der Waals surface area contributed by atoms with E-state index in [1.165, 1.54) is 10.4 Å². The second-order valence-electron chi connectivity index (χ2n) is 7.54. The molecular weight excluding hydrogens is 390 g/mol. The van der Waals surface area contributed by atoms with Crippen molar-refractivity contribution in [2.24, 2.45) is 0 Å². The monoisotopic (exact) mass is 415 g/mol. The summed E-state index contributed by atoms with van der Waals surface area (Å²) in [4.78, 5) is 25.0. The van der Waals surface area contributed by atoms with E-state index in [9.17, 15) is 18.0 Å². The van der Waals surface area contributed by atoms with E-state index in [0.29, 0.717) is 29.8 Å². The molecule has 29 heavy (non-hydrogen) atoms. The van der Waals surface area contributed by atoms with Gasteiger partial charge in [-0.15, -0.1) is 0 Å². The fourth-order valence-electron chi connectivity index (χ4n) is 3.64. The number of hydrogen-bond acceptors (Lipinski definition) is 5. The molecule has 0 radical (unpaired) electrons. The molecule has 0 spiro atoms. The van der Waals surface area contributed by atoms with E-state index >= 15 is 0 Å². The predicted molar refractivity (Wildman–Crippen MR) is 112 cm³/mol. The Hall–Kier alpha value is -2.67. The zero-order valence-corrected chi connectivity index (χ0v) is 18.1. The van der Waals surface area contributed by atoms with Crippen molar-refractivity contribution in [3.8, 4) is 0 Å². The SMILES string of the molecule is Cc1cc(C(=O)COC(=O)c2ccc3c(c2)CCN3S(C)(=O)=O)c(C)c(C)c1C. The number of Topliss-reactive ketones (excluding diaryl/α,β-unsaturated/α-hetero) is 1. The lowest BCUT2D eigenvalue weighted by atomic mass is 9.93. The van der Waals surface area contributed by atoms with Gasteiger partial charge in [-0.1, -0.05) is 0 Å². The number of sulfonamides is 1. The van der Waals surface area contributed by atoms with Gasteiger partial charge in [0.1, 0.15) is 0 Å². The molecule has 0 aromatic heterocycles. The van der Waals surface area contributed by atoms with Crippen molar-refractivity contribution < 1.29 is 22.7 Å². The van der Waals surface area contributed by atoms with Gasteiger partial charge >= 0.3 is 5.97 Å². The van der Waals surface area contributed by atoms with Gasteiger partial charge in [0.05, 0.1) is 17.5 Å². The number of rotatable bonds is 5. The van der Waals surface area contributed by atoms with E-state index in [1.54, 1.807) is 12.1 Å². The summed E-state index contributed by atoms with van der Waals surface area (Å²) in [6, 6.07) is 6.61. The van der Waals surface area contributed by atoms with Gasteiger partial charge < -0.3 is 4.74 Å². The summed E-state index contributed by atoms with van der Waals surface area (Å²) in [6.07, 6.45) is 1.69. The summed E-state index contributed by atoms with van der Waals surface area (Å²) in [5, 5.41) is 0. The normalized spacial score (nSPS) is 13.3. The summed E-state index contributed by atoms with van der Waals surface area (Å²) >= 11 is 0. The van der Waals surface area contributed by atoms with Crippen LogP contribution in [0.4, 0.5) is 5.69 Å². The van der Waals surface area contributed by atoms with Gasteiger partial charge in [0.15, 0.2) is 6.61 Å². The Labute approximate surface area is 171 Å². The van der Waals surface area contributed by atoms with E-state index in [-0.39, 0.29) is 12.4 Å². The molecule has 1 heterocycles. The predicted octanol–water partition coefficient (Wildman–Crippen LogP) is 3.28. The molecule has 0 bridgehead atoms. The number of carbonyl (C=O) groups is 2. The standard InChI is InChI=1S/C22H25NO5S/c1-13-10-19(16(4)15(3)14(13)2)21(24)12-28-22(25)18-6-7-20-17(11-18)8-9-23(20)29(5,26)27/h6-7,10-11H,8-9,12H2,1-5H3. The molecule has 1 aliphatic heterocycles. The van der Waals surface area contributed by atoms with Gasteiger partial charge in [-0.2, -0.15) is 0 Å². The average molecular weight is 416 g/mol. The van der Waals surface area contributed by atoms with Crippen LogP contribution >= 0.6 is 0 Å². The molecule has 3 rings (SSSR count). The highest BCUT2D eigenvalue weighted by molar-refractivity contribution is 7.92. The maximum absolute atomic E-state index is 12.6. The maximum Gasteiger partial charge on any atom is 0.338 e. The van der Waals surface area contributed by atoms with Crippen molar-refractivity contribution in [1.29, 1.82) is 0 Å². The third-order valence-electron chi connectivity index (χ3n) is 5.68. The van der Waals surface area contributed by atoms with E-state index in [4.69, 9.17) is 4.74 Å². The van der Waals surface area contributed by atoms with Crippen LogP contribution < -0.4 is 4.31 Å². The number of nitrogens with zero attached hydrogens (tertiary/aromatic N) is 1. The molecule has 1 aliphatic rings. The molecule has 2 aromatic rings. The number of esters is 1. The highest BCUT2D eigenvalue weighted by atomic mass is 32.2. The zero-order chi connectivity index (χ0) is 21.5. The number of aryl methyl sites for hydroxylation is 1. The smallest absolute Gasteiger partial charge is 0.338 e. The average Bonchev–Trinajstić information content (AvgIpc) is 3.10. The minimum absolute atomic E-state index is 0.244. The maximum atomic E-state index is 12.6. The topological polar surface area (TPSA) is 80.8 Å². The first kappa shape index (κ1) is 21.0. The molecule has 0 saturated carbocycles. The van der Waals surface area contributed by atoms with Crippen molar-refractivity contribution in [2.45, 2.75) is 34.1 Å². The van der Waals surface area contributed by atoms with Crippen LogP contribution in [0.3, 0.4) is 0 Å². The molecule has 0 saturated heterocycles. The van der Waals surface area contributed by atoms with Crippen LogP contribution in [0, 0.1) is 27.7 Å². The fraction of sp³-hybridized carbons (Fsp3) is 0.364. The minimum Gasteiger partial charge on any atom is -0.454 e. The van der Waals surface area contributed by atoms with E-state index in [0.717, 1.165) is 34.1 Å². The molecule has 7 heteroatoms. The van der Waals surface area contributed by atoms with Crippen LogP contribution in [0.1, 0.15) is 48.5 Å². The van der Waals surface area contributed by atoms with Crippen LogP contribution in [0.2, 0.25) is 0 Å². The third kappa shape index (κ3) is 4.05. The largest absolute Gasteiger partial charge is 0.454 e. The first-order chi connectivity index (χ1) is 13.5. The summed E-state index contributed by atoms with van der Waals surface area (Å²) in [5.41, 5.74) is 6.37. The fourth-order valence-corrected chi connectivity index (χ4v) is 4.60. The number of fused-ring (bicyclic) bond motifs is 1. The highest BCUT2D eigenvalue weighted by Gasteiger charge is 2.27. The number of anilines is 1. The summed E-state index contributed by atoms with van der Waals surface area (Å²) in [7, 11) is -3.34. The molecule has 2 aromatic carbocycles. The Kier molecular flexibility index (Phi) is 5.54. The Morgan fingerprint density at radius 2 is 1.72 bits per heavy atom. The van der Waals surface area contributed by atoms with Crippen LogP contribution in [0.5, 0.6) is 0 Å². The Balaban J connectivity index is 1.73. The molecule has 6 nitrogen and oxygen atoms in total. The van der Waals surface area contributed by atoms with Crippen molar-refractivity contribution in [3.05, 3.63) is 63.2 Å². The van der Waals surface area contributed by atoms with Crippen LogP contribution in [-0.2, 0) is 21.2 Å². The molecule has 0 aliphatic carbocycles. The van der Waals surface area contributed by atoms with Gasteiger partial charge in [0.2, 0.25) is 15.8 Å². The molecule has 0 amide bonds. The molecule has 0 N–H and O–H groups in total. The lowest BCUT2D eigenvalue weighted by Crippen LogP contribution is -2.27. The highest BCUT2D eigenvalue weighted by Crippen LogP contribution is 2.31. The van der Waals surface area contributed by atoms with Crippen LogP contribution in [0.25, 0.3) is 0 Å². The van der Waals surface area contributed by atoms with Crippen molar-refractivity contribution in [1.82, 2.24) is 0 Å². The second kappa shape index (κ2) is 7.63. The minimum atomic E-state index is -3.34. The lowest BCUT2D eigenvalue weighted by Gasteiger charge is -2.16. The van der Waals surface area contributed by atoms with Gasteiger partial charge in [0.25, 0.3) is 0 Å². The Morgan fingerprint density at radius 3 is 2.38 bits per heavy atom. The molecule has 0 unspecified atom stereocenters. The first-order valence-corrected chi connectivity index (χ1v) is 11.2. The summed E-state index contributed by atoms with van der Waals surface area (Å²) in [6.45, 7) is 7.86. The summed E-state index contributed by atoms with van der Waals surface area (Å²) < 4.78 is 30.2.